The van der Waals surface area contributed by atoms with E-state index in [1.807, 2.05) is 7.05 Å². The number of likely N-dealkylation sites (N-methyl/N-ethyl adjacent to an activating group) is 1. The van der Waals surface area contributed by atoms with Gasteiger partial charge in [0.1, 0.15) is 0 Å². The molecule has 0 spiro atoms. The molecule has 1 amide bonds. The second-order valence-electron chi connectivity index (χ2n) is 6.14. The number of sulfonamides is 1. The van der Waals surface area contributed by atoms with Crippen LogP contribution in [0.1, 0.15) is 32.1 Å². The van der Waals surface area contributed by atoms with Crippen molar-refractivity contribution in [3.8, 4) is 0 Å². The molecule has 1 saturated carbocycles. The van der Waals surface area contributed by atoms with E-state index in [1.54, 1.807) is 4.31 Å². The Morgan fingerprint density at radius 2 is 1.71 bits per heavy atom. The van der Waals surface area contributed by atoms with Gasteiger partial charge in [-0.1, -0.05) is 19.3 Å². The minimum absolute atomic E-state index is 0.00910. The minimum atomic E-state index is -3.24. The quantitative estimate of drug-likeness (QED) is 0.790. The summed E-state index contributed by atoms with van der Waals surface area (Å²) in [6, 6.07) is 0. The van der Waals surface area contributed by atoms with Crippen LogP contribution in [0.4, 0.5) is 0 Å². The first kappa shape index (κ1) is 16.7. The van der Waals surface area contributed by atoms with Crippen LogP contribution in [0.25, 0.3) is 0 Å². The summed E-state index contributed by atoms with van der Waals surface area (Å²) in [5, 5.41) is 2.80. The van der Waals surface area contributed by atoms with E-state index in [2.05, 4.69) is 10.2 Å². The molecule has 0 aromatic rings. The highest BCUT2D eigenvalue weighted by Gasteiger charge is 2.26. The topological polar surface area (TPSA) is 69.7 Å². The third kappa shape index (κ3) is 4.93. The molecule has 122 valence electrons. The van der Waals surface area contributed by atoms with Crippen LogP contribution in [-0.2, 0) is 14.8 Å². The number of piperazine rings is 1. The van der Waals surface area contributed by atoms with Gasteiger partial charge >= 0.3 is 0 Å². The molecule has 21 heavy (non-hydrogen) atoms. The van der Waals surface area contributed by atoms with Crippen molar-refractivity contribution in [1.29, 1.82) is 0 Å². The zero-order valence-electron chi connectivity index (χ0n) is 12.9. The van der Waals surface area contributed by atoms with E-state index >= 15 is 0 Å². The third-order valence-corrected chi connectivity index (χ3v) is 6.36. The summed E-state index contributed by atoms with van der Waals surface area (Å²) < 4.78 is 26.0. The van der Waals surface area contributed by atoms with Crippen molar-refractivity contribution in [2.45, 2.75) is 32.1 Å². The predicted molar refractivity (Wildman–Crippen MR) is 82.4 cm³/mol. The highest BCUT2D eigenvalue weighted by Crippen LogP contribution is 2.23. The summed E-state index contributed by atoms with van der Waals surface area (Å²) in [5.74, 6) is 0.128. The third-order valence-electron chi connectivity index (χ3n) is 4.49. The Labute approximate surface area is 127 Å². The van der Waals surface area contributed by atoms with E-state index in [-0.39, 0.29) is 24.1 Å². The van der Waals surface area contributed by atoms with Gasteiger partial charge in [-0.05, 0) is 19.9 Å². The van der Waals surface area contributed by atoms with E-state index in [1.165, 1.54) is 6.42 Å². The lowest BCUT2D eigenvalue weighted by Gasteiger charge is -2.31. The highest BCUT2D eigenvalue weighted by molar-refractivity contribution is 7.89. The molecule has 2 aliphatic rings. The highest BCUT2D eigenvalue weighted by atomic mass is 32.2. The van der Waals surface area contributed by atoms with Gasteiger partial charge < -0.3 is 10.2 Å². The Balaban J connectivity index is 1.72. The van der Waals surface area contributed by atoms with Crippen LogP contribution in [0.15, 0.2) is 0 Å². The van der Waals surface area contributed by atoms with Gasteiger partial charge in [0.05, 0.1) is 5.75 Å². The first-order chi connectivity index (χ1) is 9.99. The zero-order valence-corrected chi connectivity index (χ0v) is 13.7. The van der Waals surface area contributed by atoms with Crippen molar-refractivity contribution in [3.05, 3.63) is 0 Å². The Kier molecular flexibility index (Phi) is 6.01. The molecule has 6 nitrogen and oxygen atoms in total. The van der Waals surface area contributed by atoms with Crippen molar-refractivity contribution in [1.82, 2.24) is 14.5 Å². The zero-order chi connectivity index (χ0) is 15.3. The fraction of sp³-hybridized carbons (Fsp3) is 0.929. The molecular weight excluding hydrogens is 290 g/mol. The molecule has 0 atom stereocenters. The summed E-state index contributed by atoms with van der Waals surface area (Å²) in [7, 11) is -1.25. The number of hydrogen-bond donors (Lipinski definition) is 1. The molecular formula is C14H27N3O3S. The lowest BCUT2D eigenvalue weighted by Crippen LogP contribution is -2.49. The van der Waals surface area contributed by atoms with Crippen molar-refractivity contribution >= 4 is 15.9 Å². The van der Waals surface area contributed by atoms with Crippen LogP contribution in [0, 0.1) is 5.92 Å². The van der Waals surface area contributed by atoms with Gasteiger partial charge in [0, 0.05) is 38.6 Å². The molecule has 0 aromatic carbocycles. The Bertz CT molecular complexity index is 438. The number of rotatable bonds is 5. The average Bonchev–Trinajstić information content (AvgIpc) is 2.48. The summed E-state index contributed by atoms with van der Waals surface area (Å²) in [6.07, 6.45) is 5.31. The number of carbonyl (C=O) groups is 1. The average molecular weight is 317 g/mol. The normalized spacial score (nSPS) is 23.1. The van der Waals surface area contributed by atoms with Gasteiger partial charge in [-0.15, -0.1) is 0 Å². The summed E-state index contributed by atoms with van der Waals surface area (Å²) in [4.78, 5) is 14.1. The van der Waals surface area contributed by atoms with Gasteiger partial charge in [0.15, 0.2) is 0 Å². The van der Waals surface area contributed by atoms with Crippen molar-refractivity contribution in [3.63, 3.8) is 0 Å². The second kappa shape index (κ2) is 7.56. The standard InChI is InChI=1S/C14H27N3O3S/c1-16-8-10-17(11-9-16)21(19,20)12-7-15-14(18)13-5-3-2-4-6-13/h13H,2-12H2,1H3,(H,15,18). The van der Waals surface area contributed by atoms with Gasteiger partial charge in [0.2, 0.25) is 15.9 Å². The molecule has 0 unspecified atom stereocenters. The predicted octanol–water partition coefficient (Wildman–Crippen LogP) is 0.260. The van der Waals surface area contributed by atoms with Crippen molar-refractivity contribution in [2.24, 2.45) is 5.92 Å². The van der Waals surface area contributed by atoms with E-state index < -0.39 is 10.0 Å². The maximum Gasteiger partial charge on any atom is 0.223 e. The second-order valence-corrected chi connectivity index (χ2v) is 8.23. The lowest BCUT2D eigenvalue weighted by atomic mass is 9.89. The van der Waals surface area contributed by atoms with Gasteiger partial charge in [-0.2, -0.15) is 4.31 Å². The molecule has 2 rings (SSSR count). The molecule has 1 N–H and O–H groups in total. The molecule has 1 aliphatic carbocycles. The SMILES string of the molecule is CN1CCN(S(=O)(=O)CCNC(=O)C2CCCCC2)CC1. The van der Waals surface area contributed by atoms with Crippen LogP contribution in [0.5, 0.6) is 0 Å². The molecule has 0 bridgehead atoms. The van der Waals surface area contributed by atoms with Crippen molar-refractivity contribution < 1.29 is 13.2 Å². The first-order valence-corrected chi connectivity index (χ1v) is 9.54. The number of hydrogen-bond acceptors (Lipinski definition) is 4. The molecule has 7 heteroatoms. The molecule has 0 aromatic heterocycles. The van der Waals surface area contributed by atoms with Crippen LogP contribution < -0.4 is 5.32 Å². The molecule has 0 radical (unpaired) electrons. The Morgan fingerprint density at radius 1 is 1.10 bits per heavy atom. The van der Waals surface area contributed by atoms with E-state index in [0.717, 1.165) is 38.8 Å². The number of nitrogens with one attached hydrogen (secondary N) is 1. The van der Waals surface area contributed by atoms with Gasteiger partial charge in [-0.3, -0.25) is 4.79 Å². The maximum atomic E-state index is 12.2. The van der Waals surface area contributed by atoms with Crippen LogP contribution in [0.3, 0.4) is 0 Å². The van der Waals surface area contributed by atoms with Crippen LogP contribution >= 0.6 is 0 Å². The number of nitrogens with zero attached hydrogens (tertiary/aromatic N) is 2. The smallest absolute Gasteiger partial charge is 0.223 e. The van der Waals surface area contributed by atoms with Gasteiger partial charge in [0.25, 0.3) is 0 Å². The van der Waals surface area contributed by atoms with Crippen molar-refractivity contribution in [2.75, 3.05) is 45.5 Å². The Hall–Kier alpha value is -0.660. The summed E-state index contributed by atoms with van der Waals surface area (Å²) >= 11 is 0. The van der Waals surface area contributed by atoms with E-state index in [4.69, 9.17) is 0 Å². The lowest BCUT2D eigenvalue weighted by molar-refractivity contribution is -0.125. The minimum Gasteiger partial charge on any atom is -0.355 e. The van der Waals surface area contributed by atoms with E-state index in [0.29, 0.717) is 13.1 Å². The summed E-state index contributed by atoms with van der Waals surface area (Å²) in [6.45, 7) is 2.87. The van der Waals surface area contributed by atoms with E-state index in [9.17, 15) is 13.2 Å². The molecule has 1 heterocycles. The van der Waals surface area contributed by atoms with Crippen LogP contribution in [-0.4, -0.2) is 69.1 Å². The fourth-order valence-corrected chi connectivity index (χ4v) is 4.35. The molecule has 2 fully saturated rings. The Morgan fingerprint density at radius 3 is 2.33 bits per heavy atom. The first-order valence-electron chi connectivity index (χ1n) is 7.93. The van der Waals surface area contributed by atoms with Gasteiger partial charge in [-0.25, -0.2) is 8.42 Å². The monoisotopic (exact) mass is 317 g/mol. The number of carbonyl (C=O) groups excluding carboxylic acids is 1. The maximum absolute atomic E-state index is 12.2. The molecule has 1 saturated heterocycles. The summed E-state index contributed by atoms with van der Waals surface area (Å²) in [5.41, 5.74) is 0. The molecule has 1 aliphatic heterocycles. The fourth-order valence-electron chi connectivity index (χ4n) is 3.01. The number of amides is 1. The van der Waals surface area contributed by atoms with Crippen LogP contribution in [0.2, 0.25) is 0 Å². The largest absolute Gasteiger partial charge is 0.355 e.